The molecule has 0 saturated heterocycles. The molecule has 0 radical (unpaired) electrons. The molecule has 0 fully saturated rings. The fourth-order valence-corrected chi connectivity index (χ4v) is 1.91. The highest BCUT2D eigenvalue weighted by molar-refractivity contribution is 6.32. The Kier molecular flexibility index (Phi) is 3.73. The van der Waals surface area contributed by atoms with E-state index in [9.17, 15) is 0 Å². The van der Waals surface area contributed by atoms with Crippen molar-refractivity contribution in [1.29, 1.82) is 0 Å². The van der Waals surface area contributed by atoms with Crippen LogP contribution in [0.3, 0.4) is 0 Å². The summed E-state index contributed by atoms with van der Waals surface area (Å²) in [4.78, 5) is 0. The van der Waals surface area contributed by atoms with E-state index in [-0.39, 0.29) is 5.54 Å². The monoisotopic (exact) mass is 263 g/mol. The van der Waals surface area contributed by atoms with E-state index in [0.29, 0.717) is 5.02 Å². The van der Waals surface area contributed by atoms with Crippen molar-refractivity contribution in [1.82, 2.24) is 15.1 Å². The third kappa shape index (κ3) is 3.34. The van der Waals surface area contributed by atoms with Crippen LogP contribution < -0.4 is 5.32 Å². The van der Waals surface area contributed by atoms with Crippen LogP contribution in [0.25, 0.3) is 5.69 Å². The summed E-state index contributed by atoms with van der Waals surface area (Å²) < 4.78 is 1.77. The molecule has 0 bridgehead atoms. The third-order valence-electron chi connectivity index (χ3n) is 2.59. The molecule has 1 aromatic carbocycles. The zero-order chi connectivity index (χ0) is 13.2. The van der Waals surface area contributed by atoms with E-state index >= 15 is 0 Å². The van der Waals surface area contributed by atoms with Crippen LogP contribution in [0.4, 0.5) is 0 Å². The first-order chi connectivity index (χ1) is 8.46. The Morgan fingerprint density at radius 3 is 2.67 bits per heavy atom. The Bertz CT molecular complexity index is 512. The lowest BCUT2D eigenvalue weighted by molar-refractivity contribution is 0.424. The molecular weight excluding hydrogens is 246 g/mol. The summed E-state index contributed by atoms with van der Waals surface area (Å²) in [6, 6.07) is 7.93. The van der Waals surface area contributed by atoms with Crippen molar-refractivity contribution >= 4 is 11.6 Å². The molecule has 3 nitrogen and oxygen atoms in total. The molecule has 0 amide bonds. The molecule has 0 aliphatic rings. The lowest BCUT2D eigenvalue weighted by Gasteiger charge is -2.20. The number of nitrogens with zero attached hydrogens (tertiary/aromatic N) is 2. The van der Waals surface area contributed by atoms with Gasteiger partial charge in [0.15, 0.2) is 0 Å². The highest BCUT2D eigenvalue weighted by Crippen LogP contribution is 2.21. The zero-order valence-corrected chi connectivity index (χ0v) is 11.7. The summed E-state index contributed by atoms with van der Waals surface area (Å²) in [6.45, 7) is 7.24. The maximum absolute atomic E-state index is 6.28. The number of hydrogen-bond acceptors (Lipinski definition) is 2. The van der Waals surface area contributed by atoms with Crippen molar-refractivity contribution < 1.29 is 0 Å². The predicted molar refractivity (Wildman–Crippen MR) is 75.2 cm³/mol. The van der Waals surface area contributed by atoms with Gasteiger partial charge in [-0.3, -0.25) is 0 Å². The van der Waals surface area contributed by atoms with Gasteiger partial charge in [-0.15, -0.1) is 0 Å². The van der Waals surface area contributed by atoms with Crippen molar-refractivity contribution in [3.8, 4) is 5.69 Å². The summed E-state index contributed by atoms with van der Waals surface area (Å²) in [5, 5.41) is 8.33. The van der Waals surface area contributed by atoms with Crippen molar-refractivity contribution in [2.45, 2.75) is 32.9 Å². The first-order valence-electron chi connectivity index (χ1n) is 5.99. The van der Waals surface area contributed by atoms with Crippen LogP contribution in [0.5, 0.6) is 0 Å². The molecule has 0 aliphatic carbocycles. The van der Waals surface area contributed by atoms with Crippen LogP contribution in [0, 0.1) is 0 Å². The number of hydrogen-bond donors (Lipinski definition) is 1. The van der Waals surface area contributed by atoms with Crippen molar-refractivity contribution in [3.63, 3.8) is 0 Å². The molecule has 0 unspecified atom stereocenters. The SMILES string of the molecule is CC(C)(C)NCc1ccc(-n2cccn2)c(Cl)c1. The molecule has 96 valence electrons. The second-order valence-electron chi connectivity index (χ2n) is 5.34. The van der Waals surface area contributed by atoms with Gasteiger partial charge < -0.3 is 5.32 Å². The van der Waals surface area contributed by atoms with Crippen molar-refractivity contribution in [2.24, 2.45) is 0 Å². The average Bonchev–Trinajstić information content (AvgIpc) is 2.79. The lowest BCUT2D eigenvalue weighted by atomic mass is 10.1. The standard InChI is InChI=1S/C14H18ClN3/c1-14(2,3)16-10-11-5-6-13(12(15)9-11)18-8-4-7-17-18/h4-9,16H,10H2,1-3H3. The van der Waals surface area contributed by atoms with E-state index in [1.807, 2.05) is 24.4 Å². The molecule has 4 heteroatoms. The van der Waals surface area contributed by atoms with Crippen molar-refractivity contribution in [3.05, 3.63) is 47.2 Å². The van der Waals surface area contributed by atoms with E-state index in [1.165, 1.54) is 5.56 Å². The maximum atomic E-state index is 6.28. The van der Waals surface area contributed by atoms with E-state index < -0.39 is 0 Å². The summed E-state index contributed by atoms with van der Waals surface area (Å²) >= 11 is 6.28. The molecule has 1 heterocycles. The first-order valence-corrected chi connectivity index (χ1v) is 6.37. The first kappa shape index (κ1) is 13.1. The minimum atomic E-state index is 0.104. The summed E-state index contributed by atoms with van der Waals surface area (Å²) in [5.41, 5.74) is 2.18. The highest BCUT2D eigenvalue weighted by atomic mass is 35.5. The van der Waals surface area contributed by atoms with Gasteiger partial charge in [-0.05, 0) is 44.5 Å². The minimum Gasteiger partial charge on any atom is -0.308 e. The molecule has 0 saturated carbocycles. The van der Waals surface area contributed by atoms with Gasteiger partial charge in [0.2, 0.25) is 0 Å². The van der Waals surface area contributed by atoms with E-state index in [2.05, 4.69) is 37.3 Å². The van der Waals surface area contributed by atoms with Crippen LogP contribution in [-0.2, 0) is 6.54 Å². The van der Waals surface area contributed by atoms with Gasteiger partial charge >= 0.3 is 0 Å². The Morgan fingerprint density at radius 2 is 2.11 bits per heavy atom. The number of benzene rings is 1. The normalized spacial score (nSPS) is 11.8. The van der Waals surface area contributed by atoms with E-state index in [4.69, 9.17) is 11.6 Å². The minimum absolute atomic E-state index is 0.104. The van der Waals surface area contributed by atoms with Crippen LogP contribution >= 0.6 is 11.6 Å². The fourth-order valence-electron chi connectivity index (χ4n) is 1.62. The Hall–Kier alpha value is -1.32. The highest BCUT2D eigenvalue weighted by Gasteiger charge is 2.09. The molecule has 1 aromatic heterocycles. The van der Waals surface area contributed by atoms with Gasteiger partial charge in [-0.1, -0.05) is 17.7 Å². The molecular formula is C14H18ClN3. The predicted octanol–water partition coefficient (Wildman–Crippen LogP) is 3.41. The van der Waals surface area contributed by atoms with E-state index in [1.54, 1.807) is 10.9 Å². The second-order valence-corrected chi connectivity index (χ2v) is 5.75. The molecule has 0 atom stereocenters. The van der Waals surface area contributed by atoms with Crippen molar-refractivity contribution in [2.75, 3.05) is 0 Å². The molecule has 2 aromatic rings. The van der Waals surface area contributed by atoms with E-state index in [0.717, 1.165) is 12.2 Å². The number of rotatable bonds is 3. The quantitative estimate of drug-likeness (QED) is 0.920. The molecule has 0 aliphatic heterocycles. The average molecular weight is 264 g/mol. The number of halogens is 1. The van der Waals surface area contributed by atoms with Crippen LogP contribution in [0.2, 0.25) is 5.02 Å². The largest absolute Gasteiger partial charge is 0.308 e. The maximum Gasteiger partial charge on any atom is 0.0831 e. The van der Waals surface area contributed by atoms with Crippen LogP contribution in [-0.4, -0.2) is 15.3 Å². The van der Waals surface area contributed by atoms with Gasteiger partial charge in [0.1, 0.15) is 0 Å². The summed E-state index contributed by atoms with van der Waals surface area (Å²) in [6.07, 6.45) is 3.62. The van der Waals surface area contributed by atoms with Gasteiger partial charge in [0, 0.05) is 24.5 Å². The van der Waals surface area contributed by atoms with Crippen LogP contribution in [0.15, 0.2) is 36.7 Å². The van der Waals surface area contributed by atoms with Gasteiger partial charge in [-0.2, -0.15) is 5.10 Å². The zero-order valence-electron chi connectivity index (χ0n) is 10.9. The topological polar surface area (TPSA) is 29.9 Å². The second kappa shape index (κ2) is 5.12. The fraction of sp³-hybridized carbons (Fsp3) is 0.357. The number of aromatic nitrogens is 2. The Morgan fingerprint density at radius 1 is 1.33 bits per heavy atom. The van der Waals surface area contributed by atoms with Gasteiger partial charge in [0.05, 0.1) is 10.7 Å². The Labute approximate surface area is 113 Å². The molecule has 1 N–H and O–H groups in total. The molecule has 0 spiro atoms. The van der Waals surface area contributed by atoms with Gasteiger partial charge in [0.25, 0.3) is 0 Å². The molecule has 18 heavy (non-hydrogen) atoms. The lowest BCUT2D eigenvalue weighted by Crippen LogP contribution is -2.35. The van der Waals surface area contributed by atoms with Gasteiger partial charge in [-0.25, -0.2) is 4.68 Å². The van der Waals surface area contributed by atoms with Crippen LogP contribution in [0.1, 0.15) is 26.3 Å². The summed E-state index contributed by atoms with van der Waals surface area (Å²) in [5.74, 6) is 0. The number of nitrogens with one attached hydrogen (secondary N) is 1. The third-order valence-corrected chi connectivity index (χ3v) is 2.89. The molecule has 2 rings (SSSR count). The Balaban J connectivity index is 2.15. The summed E-state index contributed by atoms with van der Waals surface area (Å²) in [7, 11) is 0. The smallest absolute Gasteiger partial charge is 0.0831 e.